The number of hydrogen-bond donors (Lipinski definition) is 2. The highest BCUT2D eigenvalue weighted by molar-refractivity contribution is 7.98. The van der Waals surface area contributed by atoms with Crippen molar-refractivity contribution in [2.24, 2.45) is 0 Å². The average molecular weight is 963 g/mol. The van der Waals surface area contributed by atoms with Crippen molar-refractivity contribution in [1.29, 1.82) is 0 Å². The van der Waals surface area contributed by atoms with Crippen molar-refractivity contribution in [2.75, 3.05) is 0 Å². The number of nitrogens with one attached hydrogen (secondary N) is 2. The summed E-state index contributed by atoms with van der Waals surface area (Å²) < 4.78 is 0. The molecule has 2 N–H and O–H groups in total. The fraction of sp³-hybridized carbons (Fsp3) is 0.147. The average Bonchev–Trinajstić information content (AvgIpc) is 4.21. The summed E-state index contributed by atoms with van der Waals surface area (Å²) in [6.45, 7) is 19.9. The maximum atomic E-state index is 5.68. The number of nitrogens with zero attached hydrogens (tertiary/aromatic N) is 2. The van der Waals surface area contributed by atoms with Crippen molar-refractivity contribution >= 4 is 79.7 Å². The molecule has 0 fully saturated rings. The van der Waals surface area contributed by atoms with Gasteiger partial charge < -0.3 is 9.97 Å². The Morgan fingerprint density at radius 1 is 0.356 bits per heavy atom. The number of fused-ring (bicyclic) bond motifs is 10. The zero-order valence-corrected chi connectivity index (χ0v) is 43.9. The van der Waals surface area contributed by atoms with E-state index in [0.717, 1.165) is 78.4 Å². The molecule has 7 aromatic carbocycles. The molecule has 5 heterocycles. The van der Waals surface area contributed by atoms with Gasteiger partial charge in [0.15, 0.2) is 0 Å². The van der Waals surface area contributed by atoms with E-state index >= 15 is 0 Å². The Morgan fingerprint density at radius 3 is 1.08 bits per heavy atom. The third-order valence-corrected chi connectivity index (χ3v) is 16.0. The minimum Gasteiger partial charge on any atom is -0.354 e. The third-order valence-electron chi connectivity index (χ3n) is 14.9. The molecule has 5 heteroatoms. The van der Waals surface area contributed by atoms with Crippen molar-refractivity contribution in [3.05, 3.63) is 218 Å². The van der Waals surface area contributed by atoms with Crippen LogP contribution in [0.4, 0.5) is 0 Å². The Bertz CT molecular complexity index is 4000. The SMILES string of the molecule is Cc1cc(C)c(-c2c3nc(c(-c4c(C)cc(C)cc4C)c4ccc([nH]4)c(-c4c(C)cc(C)cc4C)c4nc(c(-c5ccc(SCc6c7ccccc7cc7ccccc67)cc5)c5ccc2[nH]5)C=C4)C=C3)c(C)c1. The van der Waals surface area contributed by atoms with Crippen LogP contribution in [0.5, 0.6) is 0 Å². The summed E-state index contributed by atoms with van der Waals surface area (Å²) in [7, 11) is 0. The Morgan fingerprint density at radius 2 is 0.699 bits per heavy atom. The summed E-state index contributed by atoms with van der Waals surface area (Å²) >= 11 is 1.89. The van der Waals surface area contributed by atoms with Gasteiger partial charge in [-0.25, -0.2) is 9.97 Å². The zero-order chi connectivity index (χ0) is 50.2. The Labute approximate surface area is 432 Å². The van der Waals surface area contributed by atoms with Crippen LogP contribution in [0.3, 0.4) is 0 Å². The van der Waals surface area contributed by atoms with Crippen LogP contribution in [0, 0.1) is 62.3 Å². The van der Waals surface area contributed by atoms with Gasteiger partial charge in [0, 0.05) is 55.0 Å². The number of aryl methyl sites for hydroxylation is 9. The highest BCUT2D eigenvalue weighted by Gasteiger charge is 2.23. The van der Waals surface area contributed by atoms with Gasteiger partial charge >= 0.3 is 0 Å². The fourth-order valence-electron chi connectivity index (χ4n) is 12.2. The summed E-state index contributed by atoms with van der Waals surface area (Å²) in [6.07, 6.45) is 8.85. The Hall–Kier alpha value is -7.99. The summed E-state index contributed by atoms with van der Waals surface area (Å²) in [6, 6.07) is 51.7. The second-order valence-electron chi connectivity index (χ2n) is 20.4. The van der Waals surface area contributed by atoms with Gasteiger partial charge in [-0.15, -0.1) is 11.8 Å². The van der Waals surface area contributed by atoms with Gasteiger partial charge in [0.2, 0.25) is 0 Å². The summed E-state index contributed by atoms with van der Waals surface area (Å²) in [4.78, 5) is 20.6. The van der Waals surface area contributed by atoms with Crippen LogP contribution in [0.2, 0.25) is 0 Å². The minimum atomic E-state index is 0.861. The highest BCUT2D eigenvalue weighted by Crippen LogP contribution is 2.43. The quantitative estimate of drug-likeness (QED) is 0.124. The highest BCUT2D eigenvalue weighted by atomic mass is 32.2. The van der Waals surface area contributed by atoms with Crippen LogP contribution in [0.1, 0.15) is 78.4 Å². The maximum absolute atomic E-state index is 5.68. The lowest BCUT2D eigenvalue weighted by Gasteiger charge is -2.14. The number of H-pyrrole nitrogens is 2. The van der Waals surface area contributed by atoms with Gasteiger partial charge in [-0.3, -0.25) is 0 Å². The monoisotopic (exact) mass is 962 g/mol. The van der Waals surface area contributed by atoms with Crippen molar-refractivity contribution in [1.82, 2.24) is 19.9 Å². The van der Waals surface area contributed by atoms with Crippen LogP contribution >= 0.6 is 11.8 Å². The summed E-state index contributed by atoms with van der Waals surface area (Å²) in [5.74, 6) is 0.861. The number of aromatic amines is 2. The lowest BCUT2D eigenvalue weighted by molar-refractivity contribution is 1.27. The van der Waals surface area contributed by atoms with Gasteiger partial charge in [0.1, 0.15) is 0 Å². The van der Waals surface area contributed by atoms with E-state index in [2.05, 4.69) is 236 Å². The molecule has 356 valence electrons. The van der Waals surface area contributed by atoms with Gasteiger partial charge in [-0.1, -0.05) is 114 Å². The Balaban J connectivity index is 1.13. The molecule has 8 bridgehead atoms. The van der Waals surface area contributed by atoms with Gasteiger partial charge in [0.05, 0.1) is 22.8 Å². The molecule has 0 radical (unpaired) electrons. The van der Waals surface area contributed by atoms with Gasteiger partial charge in [0.25, 0.3) is 0 Å². The molecule has 0 aliphatic carbocycles. The van der Waals surface area contributed by atoms with Crippen LogP contribution in [-0.4, -0.2) is 19.9 Å². The number of aromatic nitrogens is 4. The summed E-state index contributed by atoms with van der Waals surface area (Å²) in [5, 5.41) is 5.17. The maximum Gasteiger partial charge on any atom is 0.0737 e. The van der Waals surface area contributed by atoms with E-state index in [0.29, 0.717) is 0 Å². The first-order valence-electron chi connectivity index (χ1n) is 25.4. The first kappa shape index (κ1) is 46.1. The predicted molar refractivity (Wildman–Crippen MR) is 314 cm³/mol. The molecule has 2 aliphatic heterocycles. The lowest BCUT2D eigenvalue weighted by Crippen LogP contribution is -1.96. The molecule has 12 rings (SSSR count). The van der Waals surface area contributed by atoms with Crippen LogP contribution in [0.15, 0.2) is 144 Å². The topological polar surface area (TPSA) is 57.4 Å². The lowest BCUT2D eigenvalue weighted by atomic mass is 9.92. The molecule has 0 spiro atoms. The molecule has 0 saturated carbocycles. The fourth-order valence-corrected chi connectivity index (χ4v) is 13.1. The second kappa shape index (κ2) is 18.2. The van der Waals surface area contributed by atoms with Crippen molar-refractivity contribution in [2.45, 2.75) is 73.0 Å². The number of benzene rings is 7. The molecule has 0 unspecified atom stereocenters. The zero-order valence-electron chi connectivity index (χ0n) is 43.1. The number of rotatable bonds is 7. The largest absolute Gasteiger partial charge is 0.354 e. The van der Waals surface area contributed by atoms with E-state index in [1.807, 2.05) is 11.8 Å². The van der Waals surface area contributed by atoms with E-state index in [-0.39, 0.29) is 0 Å². The van der Waals surface area contributed by atoms with Crippen molar-refractivity contribution in [3.8, 4) is 44.5 Å². The molecular formula is C68H58N4S. The first-order chi connectivity index (χ1) is 35.4. The minimum absolute atomic E-state index is 0.861. The molecule has 3 aromatic heterocycles. The van der Waals surface area contributed by atoms with Crippen LogP contribution in [0.25, 0.3) is 112 Å². The number of thioether (sulfide) groups is 1. The Kier molecular flexibility index (Phi) is 11.5. The van der Waals surface area contributed by atoms with E-state index in [1.54, 1.807) is 0 Å². The van der Waals surface area contributed by atoms with Crippen molar-refractivity contribution in [3.63, 3.8) is 0 Å². The second-order valence-corrected chi connectivity index (χ2v) is 21.5. The molecular weight excluding hydrogens is 905 g/mol. The van der Waals surface area contributed by atoms with Crippen molar-refractivity contribution < 1.29 is 0 Å². The van der Waals surface area contributed by atoms with E-state index in [9.17, 15) is 0 Å². The molecule has 0 saturated heterocycles. The molecule has 0 atom stereocenters. The van der Waals surface area contributed by atoms with E-state index < -0.39 is 0 Å². The van der Waals surface area contributed by atoms with Crippen LogP contribution in [-0.2, 0) is 5.75 Å². The molecule has 2 aliphatic rings. The van der Waals surface area contributed by atoms with Crippen LogP contribution < -0.4 is 0 Å². The normalized spacial score (nSPS) is 12.2. The standard InChI is InChI=1S/C68H58N4S/c1-38-30-41(4)62(42(5)31-38)66-56-24-22-54(69-56)65(47-18-20-50(21-19-47)73-37-53-51-16-12-10-14-48(51)36-49-15-11-13-17-52(49)53)55-23-25-57(70-55)67(63-43(6)32-39(2)33-44(63)7)59-27-29-61(72-59)68(60-28-26-58(66)71-60)64-45(8)34-40(3)35-46(64)9/h10-36,69,72H,37H2,1-9H3. The summed E-state index contributed by atoms with van der Waals surface area (Å²) in [5.41, 5.74) is 29.0. The predicted octanol–water partition coefficient (Wildman–Crippen LogP) is 18.7. The molecule has 73 heavy (non-hydrogen) atoms. The third kappa shape index (κ3) is 8.22. The van der Waals surface area contributed by atoms with Gasteiger partial charge in [-0.2, -0.15) is 0 Å². The molecule has 0 amide bonds. The number of hydrogen-bond acceptors (Lipinski definition) is 3. The van der Waals surface area contributed by atoms with Gasteiger partial charge in [-0.05, 0) is 212 Å². The first-order valence-corrected chi connectivity index (χ1v) is 26.4. The van der Waals surface area contributed by atoms with E-state index in [1.165, 1.54) is 98.8 Å². The molecule has 4 nitrogen and oxygen atoms in total. The van der Waals surface area contributed by atoms with E-state index in [4.69, 9.17) is 9.97 Å². The smallest absolute Gasteiger partial charge is 0.0737 e. The molecule has 10 aromatic rings.